The monoisotopic (exact) mass is 209 g/mol. The van der Waals surface area contributed by atoms with E-state index >= 15 is 0 Å². The van der Waals surface area contributed by atoms with Gasteiger partial charge in [0.25, 0.3) is 5.69 Å². The first kappa shape index (κ1) is 9.01. The first-order valence-corrected chi connectivity index (χ1v) is 5.11. The van der Waals surface area contributed by atoms with Crippen LogP contribution in [0.4, 0.5) is 5.69 Å². The van der Waals surface area contributed by atoms with Gasteiger partial charge in [-0.1, -0.05) is 0 Å². The number of nitro groups is 1. The van der Waals surface area contributed by atoms with E-state index in [1.54, 1.807) is 12.3 Å². The molecule has 1 heterocycles. The molecule has 0 spiro atoms. The van der Waals surface area contributed by atoms with Gasteiger partial charge in [0.05, 0.1) is 16.8 Å². The number of imidazole rings is 1. The molecule has 14 heavy (non-hydrogen) atoms. The van der Waals surface area contributed by atoms with Crippen LogP contribution in [0.15, 0.2) is 23.4 Å². The highest BCUT2D eigenvalue weighted by Gasteiger charge is 2.17. The maximum absolute atomic E-state index is 10.7. The molecular weight excluding hydrogens is 202 g/mol. The fourth-order valence-electron chi connectivity index (χ4n) is 1.32. The fraction of sp³-hybridized carbons (Fsp3) is 0.125. The van der Waals surface area contributed by atoms with E-state index in [0.717, 1.165) is 5.52 Å². The van der Waals surface area contributed by atoms with Crippen LogP contribution in [0.2, 0.25) is 0 Å². The minimum Gasteiger partial charge on any atom is -0.345 e. The highest BCUT2D eigenvalue weighted by Crippen LogP contribution is 2.32. The van der Waals surface area contributed by atoms with Gasteiger partial charge in [0, 0.05) is 6.07 Å². The number of aromatic amines is 1. The van der Waals surface area contributed by atoms with Crippen LogP contribution >= 0.6 is 11.8 Å². The number of thioether (sulfide) groups is 1. The van der Waals surface area contributed by atoms with Crippen molar-refractivity contribution >= 4 is 28.5 Å². The molecule has 0 unspecified atom stereocenters. The van der Waals surface area contributed by atoms with Gasteiger partial charge in [-0.2, -0.15) is 0 Å². The van der Waals surface area contributed by atoms with Crippen LogP contribution in [0.1, 0.15) is 0 Å². The summed E-state index contributed by atoms with van der Waals surface area (Å²) in [5, 5.41) is 10.7. The standard InChI is InChI=1S/C8H7N3O2S/c1-14-8-6(11(12)13)3-2-5-7(8)10-4-9-5/h2-4H,1H3,(H,9,10). The van der Waals surface area contributed by atoms with Gasteiger partial charge in [-0.25, -0.2) is 4.98 Å². The Morgan fingerprint density at radius 1 is 1.57 bits per heavy atom. The lowest BCUT2D eigenvalue weighted by Gasteiger charge is -1.99. The number of H-pyrrole nitrogens is 1. The zero-order valence-electron chi connectivity index (χ0n) is 7.35. The Labute approximate surface area is 83.7 Å². The molecule has 0 saturated heterocycles. The number of aromatic nitrogens is 2. The van der Waals surface area contributed by atoms with E-state index in [1.165, 1.54) is 24.2 Å². The van der Waals surface area contributed by atoms with Crippen LogP contribution in [-0.4, -0.2) is 21.1 Å². The Morgan fingerprint density at radius 2 is 2.36 bits per heavy atom. The molecule has 0 saturated carbocycles. The van der Waals surface area contributed by atoms with Gasteiger partial charge in [-0.05, 0) is 12.3 Å². The lowest BCUT2D eigenvalue weighted by molar-refractivity contribution is -0.387. The molecule has 2 rings (SSSR count). The van der Waals surface area contributed by atoms with E-state index in [1.807, 2.05) is 0 Å². The minimum atomic E-state index is -0.389. The van der Waals surface area contributed by atoms with Crippen molar-refractivity contribution in [2.75, 3.05) is 6.26 Å². The second-order valence-corrected chi connectivity index (χ2v) is 3.49. The molecule has 6 heteroatoms. The molecule has 0 aliphatic carbocycles. The van der Waals surface area contributed by atoms with Gasteiger partial charge in [-0.15, -0.1) is 11.8 Å². The van der Waals surface area contributed by atoms with Crippen molar-refractivity contribution in [2.45, 2.75) is 4.90 Å². The van der Waals surface area contributed by atoms with Crippen molar-refractivity contribution in [1.29, 1.82) is 0 Å². The van der Waals surface area contributed by atoms with E-state index in [2.05, 4.69) is 9.97 Å². The number of hydrogen-bond donors (Lipinski definition) is 1. The summed E-state index contributed by atoms with van der Waals surface area (Å²) in [6, 6.07) is 3.16. The van der Waals surface area contributed by atoms with Crippen LogP contribution in [0.3, 0.4) is 0 Å². The van der Waals surface area contributed by atoms with Crippen molar-refractivity contribution in [3.8, 4) is 0 Å². The topological polar surface area (TPSA) is 71.8 Å². The van der Waals surface area contributed by atoms with Crippen LogP contribution in [0, 0.1) is 10.1 Å². The van der Waals surface area contributed by atoms with Crippen LogP contribution in [0.25, 0.3) is 11.0 Å². The highest BCUT2D eigenvalue weighted by atomic mass is 32.2. The summed E-state index contributed by atoms with van der Waals surface area (Å²) in [6.07, 6.45) is 3.34. The Balaban J connectivity index is 2.78. The number of rotatable bonds is 2. The SMILES string of the molecule is CSc1c([N+](=O)[O-])ccc2[nH]cnc12. The zero-order chi connectivity index (χ0) is 10.1. The fourth-order valence-corrected chi connectivity index (χ4v) is 2.02. The normalized spacial score (nSPS) is 10.6. The Hall–Kier alpha value is -1.56. The van der Waals surface area contributed by atoms with E-state index in [9.17, 15) is 10.1 Å². The first-order chi connectivity index (χ1) is 6.74. The molecule has 5 nitrogen and oxygen atoms in total. The Bertz CT molecular complexity index is 494. The van der Waals surface area contributed by atoms with Gasteiger partial charge < -0.3 is 4.98 Å². The molecule has 0 aliphatic heterocycles. The van der Waals surface area contributed by atoms with Crippen LogP contribution in [-0.2, 0) is 0 Å². The quantitative estimate of drug-likeness (QED) is 0.467. The van der Waals surface area contributed by atoms with Crippen molar-refractivity contribution in [3.05, 3.63) is 28.6 Å². The molecule has 2 aromatic rings. The second kappa shape index (κ2) is 3.30. The van der Waals surface area contributed by atoms with Gasteiger partial charge in [0.2, 0.25) is 0 Å². The molecular formula is C8H7N3O2S. The van der Waals surface area contributed by atoms with Crippen molar-refractivity contribution < 1.29 is 4.92 Å². The minimum absolute atomic E-state index is 0.108. The molecule has 0 aliphatic rings. The number of nitrogens with zero attached hydrogens (tertiary/aromatic N) is 2. The van der Waals surface area contributed by atoms with E-state index < -0.39 is 0 Å². The Kier molecular flexibility index (Phi) is 2.12. The average molecular weight is 209 g/mol. The third-order valence-corrected chi connectivity index (χ3v) is 2.74. The molecule has 0 radical (unpaired) electrons. The molecule has 0 atom stereocenters. The van der Waals surface area contributed by atoms with Crippen LogP contribution < -0.4 is 0 Å². The number of benzene rings is 1. The number of nitro benzene ring substituents is 1. The van der Waals surface area contributed by atoms with E-state index in [4.69, 9.17) is 0 Å². The number of fused-ring (bicyclic) bond motifs is 1. The third-order valence-electron chi connectivity index (χ3n) is 1.93. The molecule has 1 aromatic carbocycles. The maximum Gasteiger partial charge on any atom is 0.285 e. The van der Waals surface area contributed by atoms with E-state index in [0.29, 0.717) is 10.4 Å². The van der Waals surface area contributed by atoms with Gasteiger partial charge in [0.1, 0.15) is 10.4 Å². The zero-order valence-corrected chi connectivity index (χ0v) is 8.17. The summed E-state index contributed by atoms with van der Waals surface area (Å²) < 4.78 is 0. The lowest BCUT2D eigenvalue weighted by atomic mass is 10.3. The lowest BCUT2D eigenvalue weighted by Crippen LogP contribution is -1.91. The second-order valence-electron chi connectivity index (χ2n) is 2.67. The van der Waals surface area contributed by atoms with Crippen molar-refractivity contribution in [3.63, 3.8) is 0 Å². The van der Waals surface area contributed by atoms with E-state index in [-0.39, 0.29) is 10.6 Å². The summed E-state index contributed by atoms with van der Waals surface area (Å²) >= 11 is 1.33. The average Bonchev–Trinajstić information content (AvgIpc) is 2.63. The van der Waals surface area contributed by atoms with Gasteiger partial charge in [-0.3, -0.25) is 10.1 Å². The van der Waals surface area contributed by atoms with Gasteiger partial charge in [0.15, 0.2) is 0 Å². The summed E-state index contributed by atoms with van der Waals surface area (Å²) in [6.45, 7) is 0. The first-order valence-electron chi connectivity index (χ1n) is 3.88. The number of hydrogen-bond acceptors (Lipinski definition) is 4. The smallest absolute Gasteiger partial charge is 0.285 e. The predicted molar refractivity (Wildman–Crippen MR) is 54.5 cm³/mol. The molecule has 0 bridgehead atoms. The Morgan fingerprint density at radius 3 is 3.00 bits per heavy atom. The maximum atomic E-state index is 10.7. The summed E-state index contributed by atoms with van der Waals surface area (Å²) in [5.41, 5.74) is 1.59. The highest BCUT2D eigenvalue weighted by molar-refractivity contribution is 7.99. The van der Waals surface area contributed by atoms with Crippen molar-refractivity contribution in [1.82, 2.24) is 9.97 Å². The summed E-state index contributed by atoms with van der Waals surface area (Å²) in [4.78, 5) is 17.9. The third kappa shape index (κ3) is 1.24. The van der Waals surface area contributed by atoms with Gasteiger partial charge >= 0.3 is 0 Å². The summed E-state index contributed by atoms with van der Waals surface area (Å²) in [5.74, 6) is 0. The molecule has 0 fully saturated rings. The van der Waals surface area contributed by atoms with Crippen LogP contribution in [0.5, 0.6) is 0 Å². The molecule has 72 valence electrons. The molecule has 1 N–H and O–H groups in total. The largest absolute Gasteiger partial charge is 0.345 e. The van der Waals surface area contributed by atoms with Crippen molar-refractivity contribution in [2.24, 2.45) is 0 Å². The summed E-state index contributed by atoms with van der Waals surface area (Å²) in [7, 11) is 0. The molecule has 0 amide bonds. The number of nitrogens with one attached hydrogen (secondary N) is 1. The molecule has 1 aromatic heterocycles. The predicted octanol–water partition coefficient (Wildman–Crippen LogP) is 2.19.